The zero-order chi connectivity index (χ0) is 11.0. The molecule has 2 rings (SSSR count). The van der Waals surface area contributed by atoms with Gasteiger partial charge < -0.3 is 11.5 Å². The number of nitro benzene ring substituents is 1. The minimum absolute atomic E-state index is 0.000461. The number of nitrogen functional groups attached to an aromatic ring is 2. The van der Waals surface area contributed by atoms with Crippen LogP contribution >= 0.6 is 0 Å². The Hall–Kier alpha value is -2.44. The maximum Gasteiger partial charge on any atom is 0.271 e. The van der Waals surface area contributed by atoms with Gasteiger partial charge in [0.2, 0.25) is 5.95 Å². The van der Waals surface area contributed by atoms with Crippen LogP contribution in [0.3, 0.4) is 0 Å². The van der Waals surface area contributed by atoms with Gasteiger partial charge >= 0.3 is 0 Å². The molecule has 0 aliphatic heterocycles. The van der Waals surface area contributed by atoms with Gasteiger partial charge in [-0.25, -0.2) is 4.98 Å². The molecule has 7 nitrogen and oxygen atoms in total. The van der Waals surface area contributed by atoms with Gasteiger partial charge in [0.1, 0.15) is 5.82 Å². The van der Waals surface area contributed by atoms with Gasteiger partial charge in [0.05, 0.1) is 10.4 Å². The molecule has 4 N–H and O–H groups in total. The molecule has 1 aromatic heterocycles. The van der Waals surface area contributed by atoms with Gasteiger partial charge in [-0.15, -0.1) is 0 Å². The van der Waals surface area contributed by atoms with Crippen LogP contribution < -0.4 is 11.5 Å². The number of nitrogens with zero attached hydrogens (tertiary/aromatic N) is 3. The number of nitrogens with two attached hydrogens (primary N) is 2. The van der Waals surface area contributed by atoms with E-state index in [9.17, 15) is 10.1 Å². The number of non-ortho nitro benzene ring substituents is 1. The first-order valence-corrected chi connectivity index (χ1v) is 4.05. The molecule has 0 saturated carbocycles. The summed E-state index contributed by atoms with van der Waals surface area (Å²) in [6.45, 7) is 0. The Balaban J connectivity index is 2.76. The number of rotatable bonds is 1. The summed E-state index contributed by atoms with van der Waals surface area (Å²) in [7, 11) is 0. The first-order chi connectivity index (χ1) is 7.08. The predicted octanol–water partition coefficient (Wildman–Crippen LogP) is 0.702. The van der Waals surface area contributed by atoms with Gasteiger partial charge in [-0.1, -0.05) is 0 Å². The molecule has 0 fully saturated rings. The molecule has 0 aliphatic carbocycles. The second kappa shape index (κ2) is 3.05. The van der Waals surface area contributed by atoms with Crippen LogP contribution in [-0.2, 0) is 0 Å². The highest BCUT2D eigenvalue weighted by Gasteiger charge is 2.09. The summed E-state index contributed by atoms with van der Waals surface area (Å²) >= 11 is 0. The molecule has 2 aromatic rings. The van der Waals surface area contributed by atoms with Crippen molar-refractivity contribution in [1.29, 1.82) is 0 Å². The normalized spacial score (nSPS) is 10.4. The van der Waals surface area contributed by atoms with Gasteiger partial charge in [-0.2, -0.15) is 4.98 Å². The third-order valence-corrected chi connectivity index (χ3v) is 1.94. The van der Waals surface area contributed by atoms with E-state index in [-0.39, 0.29) is 17.5 Å². The third-order valence-electron chi connectivity index (χ3n) is 1.94. The average Bonchev–Trinajstić information content (AvgIpc) is 2.16. The molecule has 76 valence electrons. The molecule has 0 atom stereocenters. The SMILES string of the molecule is Nc1nc(N)c2ccc([N+](=O)[O-])cc2n1. The number of hydrogen-bond donors (Lipinski definition) is 2. The van der Waals surface area contributed by atoms with Crippen LogP contribution in [0.5, 0.6) is 0 Å². The molecule has 0 spiro atoms. The van der Waals surface area contributed by atoms with Crippen LogP contribution in [0.4, 0.5) is 17.5 Å². The van der Waals surface area contributed by atoms with Crippen molar-refractivity contribution in [1.82, 2.24) is 9.97 Å². The summed E-state index contributed by atoms with van der Waals surface area (Å²) in [5.41, 5.74) is 11.3. The quantitative estimate of drug-likeness (QED) is 0.522. The maximum absolute atomic E-state index is 10.5. The molecule has 0 aliphatic rings. The highest BCUT2D eigenvalue weighted by Crippen LogP contribution is 2.23. The minimum atomic E-state index is -0.506. The zero-order valence-electron chi connectivity index (χ0n) is 7.54. The summed E-state index contributed by atoms with van der Waals surface area (Å²) in [6, 6.07) is 4.16. The smallest absolute Gasteiger partial charge is 0.271 e. The van der Waals surface area contributed by atoms with E-state index in [1.807, 2.05) is 0 Å². The summed E-state index contributed by atoms with van der Waals surface area (Å²) in [5, 5.41) is 11.1. The van der Waals surface area contributed by atoms with E-state index in [0.717, 1.165) is 0 Å². The lowest BCUT2D eigenvalue weighted by atomic mass is 10.2. The van der Waals surface area contributed by atoms with Gasteiger partial charge in [0, 0.05) is 17.5 Å². The Morgan fingerprint density at radius 3 is 2.67 bits per heavy atom. The summed E-state index contributed by atoms with van der Waals surface area (Å²) in [5.74, 6) is 0.216. The standard InChI is InChI=1S/C8H7N5O2/c9-7-5-2-1-4(13(14)15)3-6(5)11-8(10)12-7/h1-3H,(H4,9,10,11,12). The van der Waals surface area contributed by atoms with Gasteiger partial charge in [0.25, 0.3) is 5.69 Å². The minimum Gasteiger partial charge on any atom is -0.383 e. The number of nitro groups is 1. The molecular formula is C8H7N5O2. The van der Waals surface area contributed by atoms with Crippen LogP contribution in [0.1, 0.15) is 0 Å². The Morgan fingerprint density at radius 2 is 2.00 bits per heavy atom. The first-order valence-electron chi connectivity index (χ1n) is 4.05. The Labute approximate surface area is 83.9 Å². The fourth-order valence-electron chi connectivity index (χ4n) is 1.27. The van der Waals surface area contributed by atoms with E-state index in [0.29, 0.717) is 10.9 Å². The van der Waals surface area contributed by atoms with Crippen molar-refractivity contribution in [2.75, 3.05) is 11.5 Å². The van der Waals surface area contributed by atoms with Crippen molar-refractivity contribution in [3.8, 4) is 0 Å². The molecule has 7 heteroatoms. The van der Waals surface area contributed by atoms with Gasteiger partial charge in [-0.05, 0) is 6.07 Å². The number of benzene rings is 1. The second-order valence-electron chi connectivity index (χ2n) is 2.93. The highest BCUT2D eigenvalue weighted by molar-refractivity contribution is 5.90. The molecule has 0 unspecified atom stereocenters. The van der Waals surface area contributed by atoms with E-state index in [4.69, 9.17) is 11.5 Å². The van der Waals surface area contributed by atoms with Gasteiger partial charge in [0.15, 0.2) is 0 Å². The summed E-state index contributed by atoms with van der Waals surface area (Å²) < 4.78 is 0. The molecule has 0 bridgehead atoms. The predicted molar refractivity (Wildman–Crippen MR) is 55.0 cm³/mol. The molecular weight excluding hydrogens is 198 g/mol. The maximum atomic E-state index is 10.5. The van der Waals surface area contributed by atoms with Crippen molar-refractivity contribution in [3.05, 3.63) is 28.3 Å². The Kier molecular flexibility index (Phi) is 1.86. The van der Waals surface area contributed by atoms with Crippen molar-refractivity contribution in [2.24, 2.45) is 0 Å². The number of aromatic nitrogens is 2. The molecule has 0 saturated heterocycles. The molecule has 0 amide bonds. The summed E-state index contributed by atoms with van der Waals surface area (Å²) in [6.07, 6.45) is 0. The highest BCUT2D eigenvalue weighted by atomic mass is 16.6. The molecule has 15 heavy (non-hydrogen) atoms. The van der Waals surface area contributed by atoms with E-state index >= 15 is 0 Å². The lowest BCUT2D eigenvalue weighted by Gasteiger charge is -2.01. The molecule has 1 aromatic carbocycles. The second-order valence-corrected chi connectivity index (χ2v) is 2.93. The molecule has 1 heterocycles. The summed E-state index contributed by atoms with van der Waals surface area (Å²) in [4.78, 5) is 17.6. The van der Waals surface area contributed by atoms with Crippen molar-refractivity contribution in [3.63, 3.8) is 0 Å². The van der Waals surface area contributed by atoms with Crippen molar-refractivity contribution < 1.29 is 4.92 Å². The fraction of sp³-hybridized carbons (Fsp3) is 0. The fourth-order valence-corrected chi connectivity index (χ4v) is 1.27. The Bertz CT molecular complexity index is 554. The van der Waals surface area contributed by atoms with E-state index in [1.54, 1.807) is 0 Å². The lowest BCUT2D eigenvalue weighted by molar-refractivity contribution is -0.384. The van der Waals surface area contributed by atoms with E-state index in [2.05, 4.69) is 9.97 Å². The van der Waals surface area contributed by atoms with Crippen LogP contribution in [0.2, 0.25) is 0 Å². The van der Waals surface area contributed by atoms with Crippen LogP contribution in [-0.4, -0.2) is 14.9 Å². The molecule has 0 radical (unpaired) electrons. The zero-order valence-corrected chi connectivity index (χ0v) is 7.54. The van der Waals surface area contributed by atoms with Crippen LogP contribution in [0.15, 0.2) is 18.2 Å². The third kappa shape index (κ3) is 1.50. The lowest BCUT2D eigenvalue weighted by Crippen LogP contribution is -2.00. The van der Waals surface area contributed by atoms with E-state index in [1.165, 1.54) is 18.2 Å². The monoisotopic (exact) mass is 205 g/mol. The van der Waals surface area contributed by atoms with Crippen LogP contribution in [0.25, 0.3) is 10.9 Å². The van der Waals surface area contributed by atoms with Crippen molar-refractivity contribution >= 4 is 28.4 Å². The van der Waals surface area contributed by atoms with Gasteiger partial charge in [-0.3, -0.25) is 10.1 Å². The average molecular weight is 205 g/mol. The van der Waals surface area contributed by atoms with Crippen molar-refractivity contribution in [2.45, 2.75) is 0 Å². The largest absolute Gasteiger partial charge is 0.383 e. The number of hydrogen-bond acceptors (Lipinski definition) is 6. The van der Waals surface area contributed by atoms with Crippen LogP contribution in [0, 0.1) is 10.1 Å². The van der Waals surface area contributed by atoms with E-state index < -0.39 is 4.92 Å². The number of anilines is 2. The topological polar surface area (TPSA) is 121 Å². The number of fused-ring (bicyclic) bond motifs is 1. The first kappa shape index (κ1) is 9.13. The Morgan fingerprint density at radius 1 is 1.27 bits per heavy atom.